The summed E-state index contributed by atoms with van der Waals surface area (Å²) in [6, 6.07) is 19.7. The van der Waals surface area contributed by atoms with E-state index >= 15 is 0 Å². The Balaban J connectivity index is 1.51. The highest BCUT2D eigenvalue weighted by molar-refractivity contribution is 6.04. The van der Waals surface area contributed by atoms with E-state index < -0.39 is 6.10 Å². The molecule has 0 radical (unpaired) electrons. The topological polar surface area (TPSA) is 112 Å². The van der Waals surface area contributed by atoms with Crippen molar-refractivity contribution < 1.29 is 14.7 Å². The first kappa shape index (κ1) is 25.5. The second-order valence-electron chi connectivity index (χ2n) is 8.72. The van der Waals surface area contributed by atoms with Crippen LogP contribution in [0.3, 0.4) is 0 Å². The summed E-state index contributed by atoms with van der Waals surface area (Å²) < 4.78 is 0. The van der Waals surface area contributed by atoms with Crippen LogP contribution in [-0.4, -0.2) is 64.5 Å². The molecule has 0 aliphatic heterocycles. The molecule has 1 atom stereocenters. The number of aliphatic hydroxyl groups is 1. The highest BCUT2D eigenvalue weighted by atomic mass is 16.3. The molecule has 2 heterocycles. The zero-order chi connectivity index (χ0) is 26.4. The van der Waals surface area contributed by atoms with Crippen LogP contribution in [-0.2, 0) is 0 Å². The molecule has 188 valence electrons. The van der Waals surface area contributed by atoms with Crippen LogP contribution in [0.5, 0.6) is 0 Å². The highest BCUT2D eigenvalue weighted by Crippen LogP contribution is 2.25. The van der Waals surface area contributed by atoms with Gasteiger partial charge in [0.1, 0.15) is 0 Å². The Morgan fingerprint density at radius 3 is 2.46 bits per heavy atom. The molecular formula is C28H28N6O3. The van der Waals surface area contributed by atoms with Crippen molar-refractivity contribution in [2.24, 2.45) is 0 Å². The first-order valence-corrected chi connectivity index (χ1v) is 11.7. The van der Waals surface area contributed by atoms with E-state index in [1.165, 1.54) is 17.3 Å². The summed E-state index contributed by atoms with van der Waals surface area (Å²) in [6.45, 7) is 0.0303. The first-order valence-electron chi connectivity index (χ1n) is 11.7. The van der Waals surface area contributed by atoms with E-state index in [4.69, 9.17) is 0 Å². The van der Waals surface area contributed by atoms with E-state index in [-0.39, 0.29) is 18.4 Å². The minimum atomic E-state index is -0.980. The van der Waals surface area contributed by atoms with Crippen LogP contribution in [0.1, 0.15) is 32.4 Å². The molecule has 2 amide bonds. The molecule has 4 aromatic rings. The molecule has 0 fully saturated rings. The Kier molecular flexibility index (Phi) is 7.85. The lowest BCUT2D eigenvalue weighted by Gasteiger charge is -2.23. The number of hydrogen-bond acceptors (Lipinski definition) is 7. The molecular weight excluding hydrogens is 468 g/mol. The average molecular weight is 497 g/mol. The minimum Gasteiger partial charge on any atom is -0.387 e. The number of nitrogens with zero attached hydrogens (tertiary/aromatic N) is 5. The van der Waals surface area contributed by atoms with Crippen LogP contribution in [0.25, 0.3) is 11.3 Å². The van der Waals surface area contributed by atoms with Crippen molar-refractivity contribution in [2.75, 3.05) is 37.9 Å². The van der Waals surface area contributed by atoms with Crippen molar-refractivity contribution in [3.05, 3.63) is 102 Å². The number of nitrogens with one attached hydrogen (secondary N) is 1. The number of benzene rings is 2. The first-order chi connectivity index (χ1) is 17.8. The van der Waals surface area contributed by atoms with Gasteiger partial charge in [0, 0.05) is 51.0 Å². The molecule has 2 N–H and O–H groups in total. The SMILES string of the molecule is CN(CC(O)c1cccc(NC(=O)c2cccnc2)c1)C(=O)c1cnc(N(C)C)nc1-c1ccccc1. The smallest absolute Gasteiger partial charge is 0.257 e. The maximum Gasteiger partial charge on any atom is 0.257 e. The van der Waals surface area contributed by atoms with E-state index in [2.05, 4.69) is 20.3 Å². The predicted molar refractivity (Wildman–Crippen MR) is 142 cm³/mol. The van der Waals surface area contributed by atoms with Gasteiger partial charge in [0.05, 0.1) is 29.5 Å². The van der Waals surface area contributed by atoms with Gasteiger partial charge in [-0.3, -0.25) is 14.6 Å². The van der Waals surface area contributed by atoms with E-state index in [1.807, 2.05) is 44.4 Å². The van der Waals surface area contributed by atoms with Crippen molar-refractivity contribution in [1.82, 2.24) is 19.9 Å². The molecule has 0 saturated carbocycles. The molecule has 9 nitrogen and oxygen atoms in total. The summed E-state index contributed by atoms with van der Waals surface area (Å²) in [4.78, 5) is 42.0. The monoisotopic (exact) mass is 496 g/mol. The van der Waals surface area contributed by atoms with Crippen molar-refractivity contribution >= 4 is 23.5 Å². The van der Waals surface area contributed by atoms with E-state index in [0.29, 0.717) is 34.0 Å². The summed E-state index contributed by atoms with van der Waals surface area (Å²) >= 11 is 0. The molecule has 2 aromatic heterocycles. The zero-order valence-electron chi connectivity index (χ0n) is 20.9. The third kappa shape index (κ3) is 6.14. The molecule has 9 heteroatoms. The molecule has 0 bridgehead atoms. The molecule has 0 aliphatic carbocycles. The van der Waals surface area contributed by atoms with Crippen molar-refractivity contribution in [3.63, 3.8) is 0 Å². The standard InChI is InChI=1S/C28H28N6O3/c1-33(2)28-30-17-23(25(32-28)19-9-5-4-6-10-19)27(37)34(3)18-24(35)20-11-7-13-22(15-20)31-26(36)21-12-8-14-29-16-21/h4-17,24,35H,18H2,1-3H3,(H,31,36). The average Bonchev–Trinajstić information content (AvgIpc) is 2.93. The number of rotatable bonds is 8. The highest BCUT2D eigenvalue weighted by Gasteiger charge is 2.22. The van der Waals surface area contributed by atoms with Gasteiger partial charge < -0.3 is 20.2 Å². The summed E-state index contributed by atoms with van der Waals surface area (Å²) in [5, 5.41) is 13.7. The second kappa shape index (κ2) is 11.4. The van der Waals surface area contributed by atoms with Crippen LogP contribution < -0.4 is 10.2 Å². The molecule has 2 aromatic carbocycles. The number of carbonyl (C=O) groups excluding carboxylic acids is 2. The number of amides is 2. The third-order valence-corrected chi connectivity index (χ3v) is 5.70. The third-order valence-electron chi connectivity index (χ3n) is 5.70. The van der Waals surface area contributed by atoms with Crippen LogP contribution in [0.2, 0.25) is 0 Å². The summed E-state index contributed by atoms with van der Waals surface area (Å²) in [6.07, 6.45) is 3.61. The van der Waals surface area contributed by atoms with E-state index in [9.17, 15) is 14.7 Å². The van der Waals surface area contributed by atoms with Crippen molar-refractivity contribution in [1.29, 1.82) is 0 Å². The predicted octanol–water partition coefficient (Wildman–Crippen LogP) is 3.66. The normalized spacial score (nSPS) is 11.5. The van der Waals surface area contributed by atoms with Gasteiger partial charge in [0.15, 0.2) is 0 Å². The molecule has 0 aliphatic rings. The van der Waals surface area contributed by atoms with Gasteiger partial charge in [-0.2, -0.15) is 0 Å². The maximum absolute atomic E-state index is 13.4. The summed E-state index contributed by atoms with van der Waals surface area (Å²) in [5.74, 6) is -0.130. The van der Waals surface area contributed by atoms with Crippen LogP contribution in [0, 0.1) is 0 Å². The lowest BCUT2D eigenvalue weighted by molar-refractivity contribution is 0.0681. The fourth-order valence-electron chi connectivity index (χ4n) is 3.74. The van der Waals surface area contributed by atoms with Crippen LogP contribution >= 0.6 is 0 Å². The fourth-order valence-corrected chi connectivity index (χ4v) is 3.74. The molecule has 1 unspecified atom stereocenters. The fraction of sp³-hybridized carbons (Fsp3) is 0.179. The number of aromatic nitrogens is 3. The van der Waals surface area contributed by atoms with Gasteiger partial charge in [-0.05, 0) is 29.8 Å². The van der Waals surface area contributed by atoms with Crippen LogP contribution in [0.4, 0.5) is 11.6 Å². The Bertz CT molecular complexity index is 1380. The Hall–Kier alpha value is -4.63. The maximum atomic E-state index is 13.4. The van der Waals surface area contributed by atoms with Crippen LogP contribution in [0.15, 0.2) is 85.3 Å². The molecule has 4 rings (SSSR count). The Morgan fingerprint density at radius 1 is 0.973 bits per heavy atom. The lowest BCUT2D eigenvalue weighted by atomic mass is 10.1. The summed E-state index contributed by atoms with van der Waals surface area (Å²) in [7, 11) is 5.29. The van der Waals surface area contributed by atoms with Crippen molar-refractivity contribution in [3.8, 4) is 11.3 Å². The van der Waals surface area contributed by atoms with E-state index in [1.54, 1.807) is 54.5 Å². The summed E-state index contributed by atoms with van der Waals surface area (Å²) in [5.41, 5.74) is 3.16. The molecule has 0 spiro atoms. The van der Waals surface area contributed by atoms with Gasteiger partial charge >= 0.3 is 0 Å². The largest absolute Gasteiger partial charge is 0.387 e. The van der Waals surface area contributed by atoms with Crippen molar-refractivity contribution in [2.45, 2.75) is 6.10 Å². The second-order valence-corrected chi connectivity index (χ2v) is 8.72. The number of aliphatic hydroxyl groups excluding tert-OH is 1. The van der Waals surface area contributed by atoms with E-state index in [0.717, 1.165) is 5.56 Å². The minimum absolute atomic E-state index is 0.0303. The lowest BCUT2D eigenvalue weighted by Crippen LogP contribution is -2.32. The number of carbonyl (C=O) groups is 2. The zero-order valence-corrected chi connectivity index (χ0v) is 20.9. The van der Waals surface area contributed by atoms with Gasteiger partial charge in [0.25, 0.3) is 11.8 Å². The molecule has 37 heavy (non-hydrogen) atoms. The van der Waals surface area contributed by atoms with Gasteiger partial charge in [0.2, 0.25) is 5.95 Å². The Labute approximate surface area is 215 Å². The number of hydrogen-bond donors (Lipinski definition) is 2. The Morgan fingerprint density at radius 2 is 1.76 bits per heavy atom. The number of likely N-dealkylation sites (N-methyl/N-ethyl adjacent to an activating group) is 1. The van der Waals surface area contributed by atoms with Gasteiger partial charge in [-0.25, -0.2) is 9.97 Å². The molecule has 0 saturated heterocycles. The number of pyridine rings is 1. The van der Waals surface area contributed by atoms with Gasteiger partial charge in [-0.1, -0.05) is 42.5 Å². The number of anilines is 2. The van der Waals surface area contributed by atoms with Gasteiger partial charge in [-0.15, -0.1) is 0 Å². The quantitative estimate of drug-likeness (QED) is 0.383.